The first-order valence-corrected chi connectivity index (χ1v) is 12.3. The number of ether oxygens (including phenoxy) is 2. The van der Waals surface area contributed by atoms with Crippen LogP contribution >= 0.6 is 11.6 Å². The van der Waals surface area contributed by atoms with E-state index >= 15 is 0 Å². The van der Waals surface area contributed by atoms with Crippen molar-refractivity contribution in [2.24, 2.45) is 0 Å². The van der Waals surface area contributed by atoms with Gasteiger partial charge in [0.05, 0.1) is 24.3 Å². The number of methoxy groups -OCH3 is 1. The van der Waals surface area contributed by atoms with Crippen LogP contribution in [-0.4, -0.2) is 23.9 Å². The smallest absolute Gasteiger partial charge is 0.300 e. The summed E-state index contributed by atoms with van der Waals surface area (Å²) < 4.78 is 11.4. The molecular weight excluding hydrogens is 502 g/mol. The summed E-state index contributed by atoms with van der Waals surface area (Å²) in [6, 6.07) is 27.5. The normalized spacial score (nSPS) is 16.5. The Hall–Kier alpha value is -4.55. The van der Waals surface area contributed by atoms with Gasteiger partial charge in [-0.1, -0.05) is 54.1 Å². The van der Waals surface area contributed by atoms with E-state index in [0.717, 1.165) is 5.56 Å². The predicted octanol–water partition coefficient (Wildman–Crippen LogP) is 7.08. The molecule has 1 saturated heterocycles. The third kappa shape index (κ3) is 4.74. The van der Waals surface area contributed by atoms with Crippen molar-refractivity contribution in [1.82, 2.24) is 0 Å². The van der Waals surface area contributed by atoms with Gasteiger partial charge in [-0.05, 0) is 72.6 Å². The van der Waals surface area contributed by atoms with Crippen molar-refractivity contribution in [1.29, 1.82) is 0 Å². The molecule has 7 heteroatoms. The molecule has 0 bridgehead atoms. The molecule has 1 fully saturated rings. The molecule has 1 aliphatic heterocycles. The first-order valence-electron chi connectivity index (χ1n) is 11.9. The maximum Gasteiger partial charge on any atom is 0.300 e. The zero-order chi connectivity index (χ0) is 26.8. The first-order chi connectivity index (χ1) is 18.4. The number of halogens is 1. The van der Waals surface area contributed by atoms with Crippen LogP contribution in [0.1, 0.15) is 22.7 Å². The van der Waals surface area contributed by atoms with Gasteiger partial charge in [-0.3, -0.25) is 14.5 Å². The summed E-state index contributed by atoms with van der Waals surface area (Å²) >= 11 is 6.21. The number of aryl methyl sites for hydroxylation is 1. The third-order valence-corrected chi connectivity index (χ3v) is 6.53. The van der Waals surface area contributed by atoms with E-state index in [2.05, 4.69) is 0 Å². The number of benzene rings is 4. The van der Waals surface area contributed by atoms with E-state index in [-0.39, 0.29) is 16.9 Å². The van der Waals surface area contributed by atoms with Gasteiger partial charge in [0.2, 0.25) is 0 Å². The second-order valence-electron chi connectivity index (χ2n) is 8.84. The molecule has 0 spiro atoms. The van der Waals surface area contributed by atoms with Gasteiger partial charge in [0, 0.05) is 10.7 Å². The molecule has 1 heterocycles. The molecule has 1 unspecified atom stereocenters. The fourth-order valence-electron chi connectivity index (χ4n) is 4.58. The molecule has 0 aliphatic carbocycles. The molecule has 4 aromatic rings. The molecule has 0 radical (unpaired) electrons. The lowest BCUT2D eigenvalue weighted by atomic mass is 9.94. The zero-order valence-electron chi connectivity index (χ0n) is 20.7. The minimum Gasteiger partial charge on any atom is -0.507 e. The van der Waals surface area contributed by atoms with Crippen molar-refractivity contribution < 1.29 is 24.2 Å². The van der Waals surface area contributed by atoms with Crippen LogP contribution in [0.2, 0.25) is 5.02 Å². The molecule has 1 aliphatic rings. The average molecular weight is 526 g/mol. The Kier molecular flexibility index (Phi) is 6.90. The second kappa shape index (κ2) is 10.4. The van der Waals surface area contributed by atoms with Gasteiger partial charge >= 0.3 is 0 Å². The Morgan fingerprint density at radius 1 is 0.868 bits per heavy atom. The molecule has 1 amide bonds. The minimum atomic E-state index is -0.931. The average Bonchev–Trinajstić information content (AvgIpc) is 3.19. The van der Waals surface area contributed by atoms with Gasteiger partial charge in [-0.2, -0.15) is 0 Å². The van der Waals surface area contributed by atoms with E-state index in [0.29, 0.717) is 33.5 Å². The molecule has 5 rings (SSSR count). The Morgan fingerprint density at radius 3 is 2.34 bits per heavy atom. The van der Waals surface area contributed by atoms with E-state index in [9.17, 15) is 14.7 Å². The number of aliphatic hydroxyl groups is 1. The summed E-state index contributed by atoms with van der Waals surface area (Å²) in [6.45, 7) is 1.90. The van der Waals surface area contributed by atoms with Gasteiger partial charge < -0.3 is 14.6 Å². The molecule has 1 N–H and O–H groups in total. The van der Waals surface area contributed by atoms with E-state index in [1.54, 1.807) is 42.5 Å². The fourth-order valence-corrected chi connectivity index (χ4v) is 4.75. The molecule has 190 valence electrons. The number of para-hydroxylation sites is 1. The Balaban J connectivity index is 1.71. The van der Waals surface area contributed by atoms with Gasteiger partial charge in [-0.15, -0.1) is 0 Å². The van der Waals surface area contributed by atoms with Gasteiger partial charge in [-0.25, -0.2) is 0 Å². The largest absolute Gasteiger partial charge is 0.507 e. The molecule has 0 saturated carbocycles. The van der Waals surface area contributed by atoms with Gasteiger partial charge in [0.15, 0.2) is 0 Å². The Morgan fingerprint density at radius 2 is 1.61 bits per heavy atom. The van der Waals surface area contributed by atoms with Crippen LogP contribution in [0.3, 0.4) is 0 Å². The number of carbonyl (C=O) groups excluding carboxylic acids is 2. The summed E-state index contributed by atoms with van der Waals surface area (Å²) in [5, 5.41) is 11.9. The van der Waals surface area contributed by atoms with Crippen molar-refractivity contribution in [3.63, 3.8) is 0 Å². The minimum absolute atomic E-state index is 0.0751. The van der Waals surface area contributed by atoms with E-state index in [1.165, 1.54) is 18.1 Å². The highest BCUT2D eigenvalue weighted by molar-refractivity contribution is 6.51. The van der Waals surface area contributed by atoms with Gasteiger partial charge in [0.1, 0.15) is 23.0 Å². The summed E-state index contributed by atoms with van der Waals surface area (Å²) in [6.07, 6.45) is 0. The summed E-state index contributed by atoms with van der Waals surface area (Å²) in [5.74, 6) is -0.473. The van der Waals surface area contributed by atoms with Crippen molar-refractivity contribution >= 4 is 34.7 Å². The standard InChI is InChI=1S/C31H24ClNO5/c1-19-8-6-10-22(16-19)33-28(20-9-7-13-24(17-20)38-23-11-4-3-5-12-23)27(30(35)31(33)36)29(34)25-18-21(32)14-15-26(25)37-2/h3-18,28,34H,1-2H3/b29-27+. The number of hydrogen-bond donors (Lipinski definition) is 1. The van der Waals surface area contributed by atoms with Crippen LogP contribution in [0.15, 0.2) is 103 Å². The second-order valence-corrected chi connectivity index (χ2v) is 9.28. The topological polar surface area (TPSA) is 76.1 Å². The molecule has 0 aromatic heterocycles. The zero-order valence-corrected chi connectivity index (χ0v) is 21.5. The number of Topliss-reactive ketones (excluding diaryl/α,β-unsaturated/α-hetero) is 1. The highest BCUT2D eigenvalue weighted by atomic mass is 35.5. The van der Waals surface area contributed by atoms with Crippen LogP contribution in [0.5, 0.6) is 17.2 Å². The van der Waals surface area contributed by atoms with Crippen LogP contribution < -0.4 is 14.4 Å². The van der Waals surface area contributed by atoms with E-state index in [4.69, 9.17) is 21.1 Å². The molecule has 1 atom stereocenters. The summed E-state index contributed by atoms with van der Waals surface area (Å²) in [4.78, 5) is 28.4. The van der Waals surface area contributed by atoms with Crippen LogP contribution in [0.4, 0.5) is 5.69 Å². The maximum absolute atomic E-state index is 13.5. The number of anilines is 1. The number of ketones is 1. The van der Waals surface area contributed by atoms with Crippen LogP contribution in [0, 0.1) is 6.92 Å². The highest BCUT2D eigenvalue weighted by Crippen LogP contribution is 2.44. The van der Waals surface area contributed by atoms with Crippen LogP contribution in [0.25, 0.3) is 5.76 Å². The quantitative estimate of drug-likeness (QED) is 0.165. The lowest BCUT2D eigenvalue weighted by Gasteiger charge is -2.26. The third-order valence-electron chi connectivity index (χ3n) is 6.29. The summed E-state index contributed by atoms with van der Waals surface area (Å²) in [5.41, 5.74) is 2.17. The lowest BCUT2D eigenvalue weighted by Crippen LogP contribution is -2.29. The molecular formula is C31H24ClNO5. The highest BCUT2D eigenvalue weighted by Gasteiger charge is 2.47. The number of nitrogens with zero attached hydrogens (tertiary/aromatic N) is 1. The Labute approximate surface area is 225 Å². The van der Waals surface area contributed by atoms with Gasteiger partial charge in [0.25, 0.3) is 11.7 Å². The van der Waals surface area contributed by atoms with Crippen molar-refractivity contribution in [2.45, 2.75) is 13.0 Å². The SMILES string of the molecule is COc1ccc(Cl)cc1/C(O)=C1\C(=O)C(=O)N(c2cccc(C)c2)C1c1cccc(Oc2ccccc2)c1. The molecule has 6 nitrogen and oxygen atoms in total. The van der Waals surface area contributed by atoms with Crippen molar-refractivity contribution in [3.05, 3.63) is 124 Å². The number of rotatable bonds is 6. The van der Waals surface area contributed by atoms with Crippen LogP contribution in [-0.2, 0) is 9.59 Å². The number of carbonyl (C=O) groups is 2. The van der Waals surface area contributed by atoms with Crippen molar-refractivity contribution in [2.75, 3.05) is 12.0 Å². The fraction of sp³-hybridized carbons (Fsp3) is 0.0968. The van der Waals surface area contributed by atoms with E-state index < -0.39 is 17.7 Å². The predicted molar refractivity (Wildman–Crippen MR) is 147 cm³/mol. The Bertz CT molecular complexity index is 1560. The number of aliphatic hydroxyl groups excluding tert-OH is 1. The molecule has 4 aromatic carbocycles. The van der Waals surface area contributed by atoms with Crippen molar-refractivity contribution in [3.8, 4) is 17.2 Å². The molecule has 38 heavy (non-hydrogen) atoms. The number of amides is 1. The summed E-state index contributed by atoms with van der Waals surface area (Å²) in [7, 11) is 1.45. The van der Waals surface area contributed by atoms with E-state index in [1.807, 2.05) is 55.5 Å². The maximum atomic E-state index is 13.5. The lowest BCUT2D eigenvalue weighted by molar-refractivity contribution is -0.132. The monoisotopic (exact) mass is 525 g/mol. The number of hydrogen-bond acceptors (Lipinski definition) is 5. The first kappa shape index (κ1) is 25.1.